The van der Waals surface area contributed by atoms with Gasteiger partial charge in [0.25, 0.3) is 0 Å². The molecule has 1 heteroatoms. The van der Waals surface area contributed by atoms with Crippen molar-refractivity contribution >= 4 is 49.4 Å². The molecule has 0 saturated carbocycles. The van der Waals surface area contributed by atoms with E-state index < -0.39 is 0 Å². The minimum atomic E-state index is -0.167. The van der Waals surface area contributed by atoms with Gasteiger partial charge in [-0.3, -0.25) is 0 Å². The lowest BCUT2D eigenvalue weighted by Gasteiger charge is -2.24. The molecule has 8 aromatic carbocycles. The van der Waals surface area contributed by atoms with Crippen molar-refractivity contribution < 1.29 is 4.42 Å². The fraction of sp³-hybridized carbons (Fsp3) is 0.148. The third-order valence-corrected chi connectivity index (χ3v) is 13.1. The number of fused-ring (bicyclic) bond motifs is 11. The highest BCUT2D eigenvalue weighted by Crippen LogP contribution is 2.55. The minimum Gasteiger partial charge on any atom is -0.461 e. The van der Waals surface area contributed by atoms with Crippen molar-refractivity contribution in [2.75, 3.05) is 0 Å². The molecule has 2 aliphatic carbocycles. The monoisotopic (exact) mass is 706 g/mol. The Morgan fingerprint density at radius 3 is 1.64 bits per heavy atom. The van der Waals surface area contributed by atoms with Crippen molar-refractivity contribution in [3.8, 4) is 44.5 Å². The van der Waals surface area contributed by atoms with Gasteiger partial charge in [0, 0.05) is 21.8 Å². The van der Waals surface area contributed by atoms with E-state index in [0.717, 1.165) is 11.3 Å². The molecule has 1 nitrogen and oxygen atoms in total. The standard InChI is InChI=1S/C54H42O/c1-7-14-35-31(2)55-49-30-43-32(27-44(35)49)23-26-46-52(43)42-25-22-34(29-48(42)54(46,5)6)51-40-18-10-8-16-38(40)50(39-17-9-11-19-41(39)51)33-21-24-37-36-15-12-13-20-45(36)53(3,4)47(37)28-33/h7-30H,1-6H3/b14-7-. The van der Waals surface area contributed by atoms with Gasteiger partial charge < -0.3 is 4.42 Å². The van der Waals surface area contributed by atoms with Gasteiger partial charge in [0.15, 0.2) is 0 Å². The normalized spacial score (nSPS) is 14.9. The summed E-state index contributed by atoms with van der Waals surface area (Å²) in [5.41, 5.74) is 17.9. The summed E-state index contributed by atoms with van der Waals surface area (Å²) in [5.74, 6) is 0.960. The fourth-order valence-electron chi connectivity index (χ4n) is 10.4. The van der Waals surface area contributed by atoms with Crippen molar-refractivity contribution in [1.29, 1.82) is 0 Å². The molecule has 9 aromatic rings. The number of benzene rings is 8. The van der Waals surface area contributed by atoms with Crippen LogP contribution < -0.4 is 0 Å². The highest BCUT2D eigenvalue weighted by atomic mass is 16.3. The molecule has 0 aliphatic heterocycles. The zero-order valence-corrected chi connectivity index (χ0v) is 32.3. The third kappa shape index (κ3) is 4.30. The molecule has 1 aromatic heterocycles. The summed E-state index contributed by atoms with van der Waals surface area (Å²) >= 11 is 0. The van der Waals surface area contributed by atoms with Crippen molar-refractivity contribution in [1.82, 2.24) is 0 Å². The van der Waals surface area contributed by atoms with E-state index >= 15 is 0 Å². The summed E-state index contributed by atoms with van der Waals surface area (Å²) in [7, 11) is 0. The van der Waals surface area contributed by atoms with Crippen LogP contribution in [-0.2, 0) is 10.8 Å². The van der Waals surface area contributed by atoms with Crippen LogP contribution in [0.2, 0.25) is 0 Å². The number of rotatable bonds is 3. The number of hydrogen-bond donors (Lipinski definition) is 0. The van der Waals surface area contributed by atoms with Crippen LogP contribution in [0.4, 0.5) is 0 Å². The molecule has 55 heavy (non-hydrogen) atoms. The Balaban J connectivity index is 1.12. The van der Waals surface area contributed by atoms with Crippen molar-refractivity contribution in [3.63, 3.8) is 0 Å². The number of furan rings is 1. The second kappa shape index (κ2) is 11.2. The Kier molecular flexibility index (Phi) is 6.56. The van der Waals surface area contributed by atoms with Gasteiger partial charge in [-0.25, -0.2) is 0 Å². The molecule has 1 heterocycles. The predicted molar refractivity (Wildman–Crippen MR) is 234 cm³/mol. The summed E-state index contributed by atoms with van der Waals surface area (Å²) in [6.07, 6.45) is 4.25. The van der Waals surface area contributed by atoms with Crippen LogP contribution in [0.25, 0.3) is 93.9 Å². The molecule has 0 atom stereocenters. The Morgan fingerprint density at radius 1 is 0.455 bits per heavy atom. The molecular formula is C54H42O. The number of allylic oxidation sites excluding steroid dienone is 1. The van der Waals surface area contributed by atoms with Gasteiger partial charge in [-0.1, -0.05) is 149 Å². The van der Waals surface area contributed by atoms with E-state index in [1.165, 1.54) is 110 Å². The quantitative estimate of drug-likeness (QED) is 0.167. The van der Waals surface area contributed by atoms with Crippen LogP contribution in [-0.4, -0.2) is 0 Å². The number of aryl methyl sites for hydroxylation is 1. The first-order chi connectivity index (χ1) is 26.7. The molecule has 0 N–H and O–H groups in total. The molecule has 264 valence electrons. The molecule has 11 rings (SSSR count). The Hall–Kier alpha value is -6.18. The molecule has 2 aliphatic rings. The van der Waals surface area contributed by atoms with Gasteiger partial charge in [0.1, 0.15) is 11.3 Å². The largest absolute Gasteiger partial charge is 0.461 e. The lowest BCUT2D eigenvalue weighted by Crippen LogP contribution is -2.15. The summed E-state index contributed by atoms with van der Waals surface area (Å²) in [5, 5.41) is 8.81. The highest BCUT2D eigenvalue weighted by molar-refractivity contribution is 6.22. The molecule has 0 radical (unpaired) electrons. The average Bonchev–Trinajstić information content (AvgIpc) is 3.72. The van der Waals surface area contributed by atoms with Gasteiger partial charge in [-0.05, 0) is 137 Å². The number of hydrogen-bond acceptors (Lipinski definition) is 1. The van der Waals surface area contributed by atoms with Crippen LogP contribution in [0.5, 0.6) is 0 Å². The van der Waals surface area contributed by atoms with Crippen LogP contribution in [0.15, 0.2) is 144 Å². The second-order valence-electron chi connectivity index (χ2n) is 16.8. The van der Waals surface area contributed by atoms with Crippen molar-refractivity contribution in [2.24, 2.45) is 0 Å². The van der Waals surface area contributed by atoms with Gasteiger partial charge in [-0.15, -0.1) is 0 Å². The van der Waals surface area contributed by atoms with E-state index in [0.29, 0.717) is 0 Å². The zero-order chi connectivity index (χ0) is 37.4. The summed E-state index contributed by atoms with van der Waals surface area (Å²) in [6, 6.07) is 50.7. The molecule has 0 amide bonds. The first kappa shape index (κ1) is 32.3. The Morgan fingerprint density at radius 2 is 1.00 bits per heavy atom. The highest BCUT2D eigenvalue weighted by Gasteiger charge is 2.38. The zero-order valence-electron chi connectivity index (χ0n) is 32.3. The van der Waals surface area contributed by atoms with Crippen molar-refractivity contribution in [3.05, 3.63) is 173 Å². The molecule has 0 bridgehead atoms. The van der Waals surface area contributed by atoms with E-state index in [-0.39, 0.29) is 10.8 Å². The second-order valence-corrected chi connectivity index (χ2v) is 16.8. The van der Waals surface area contributed by atoms with Crippen LogP contribution in [0, 0.1) is 6.92 Å². The topological polar surface area (TPSA) is 13.1 Å². The fourth-order valence-corrected chi connectivity index (χ4v) is 10.4. The lowest BCUT2D eigenvalue weighted by atomic mass is 9.79. The lowest BCUT2D eigenvalue weighted by molar-refractivity contribution is 0.578. The van der Waals surface area contributed by atoms with E-state index in [1.807, 2.05) is 0 Å². The maximum Gasteiger partial charge on any atom is 0.135 e. The molecular weight excluding hydrogens is 665 g/mol. The van der Waals surface area contributed by atoms with Gasteiger partial charge in [-0.2, -0.15) is 0 Å². The van der Waals surface area contributed by atoms with E-state index in [9.17, 15) is 0 Å². The third-order valence-electron chi connectivity index (χ3n) is 13.1. The minimum absolute atomic E-state index is 0.0636. The smallest absolute Gasteiger partial charge is 0.135 e. The van der Waals surface area contributed by atoms with E-state index in [1.54, 1.807) is 0 Å². The SMILES string of the molecule is C/C=C\c1c(C)oc2cc3c4c(ccc3cc12)C(C)(C)c1cc(-c2c3ccccc3c(-c3ccc5c(c3)C(C)(C)c3ccccc3-5)c3ccccc23)ccc1-4. The van der Waals surface area contributed by atoms with Gasteiger partial charge >= 0.3 is 0 Å². The maximum absolute atomic E-state index is 6.36. The van der Waals surface area contributed by atoms with Gasteiger partial charge in [0.05, 0.1) is 0 Å². The maximum atomic E-state index is 6.36. The van der Waals surface area contributed by atoms with Crippen LogP contribution >= 0.6 is 0 Å². The first-order valence-corrected chi connectivity index (χ1v) is 19.6. The predicted octanol–water partition coefficient (Wildman–Crippen LogP) is 15.2. The van der Waals surface area contributed by atoms with Crippen molar-refractivity contribution in [2.45, 2.75) is 52.4 Å². The Labute approximate surface area is 322 Å². The van der Waals surface area contributed by atoms with Crippen LogP contribution in [0.3, 0.4) is 0 Å². The first-order valence-electron chi connectivity index (χ1n) is 19.6. The van der Waals surface area contributed by atoms with E-state index in [2.05, 4.69) is 187 Å². The average molecular weight is 707 g/mol. The van der Waals surface area contributed by atoms with Gasteiger partial charge in [0.2, 0.25) is 0 Å². The molecule has 0 spiro atoms. The Bertz CT molecular complexity index is 3100. The van der Waals surface area contributed by atoms with Crippen LogP contribution in [0.1, 0.15) is 68.2 Å². The molecule has 0 unspecified atom stereocenters. The summed E-state index contributed by atoms with van der Waals surface area (Å²) in [4.78, 5) is 0. The van der Waals surface area contributed by atoms with E-state index in [4.69, 9.17) is 4.42 Å². The molecule has 0 fully saturated rings. The summed E-state index contributed by atoms with van der Waals surface area (Å²) < 4.78 is 6.36. The molecule has 0 saturated heterocycles. The summed E-state index contributed by atoms with van der Waals surface area (Å²) in [6.45, 7) is 13.6.